The Morgan fingerprint density at radius 3 is 2.55 bits per heavy atom. The molecule has 2 N–H and O–H groups in total. The first-order valence-electron chi connectivity index (χ1n) is 5.91. The van der Waals surface area contributed by atoms with Gasteiger partial charge in [0.15, 0.2) is 5.82 Å². The molecule has 0 unspecified atom stereocenters. The maximum Gasteiger partial charge on any atom is 0.259 e. The van der Waals surface area contributed by atoms with Crippen LogP contribution in [0.15, 0.2) is 43.0 Å². The smallest absolute Gasteiger partial charge is 0.259 e. The highest BCUT2D eigenvalue weighted by Crippen LogP contribution is 2.19. The van der Waals surface area contributed by atoms with Crippen LogP contribution in [0.3, 0.4) is 0 Å². The molecule has 100 valence electrons. The minimum atomic E-state index is 0.390. The van der Waals surface area contributed by atoms with Gasteiger partial charge in [0, 0.05) is 23.6 Å². The summed E-state index contributed by atoms with van der Waals surface area (Å²) in [5.74, 6) is 1.46. The van der Waals surface area contributed by atoms with E-state index in [0.717, 1.165) is 5.56 Å². The summed E-state index contributed by atoms with van der Waals surface area (Å²) in [6, 6.07) is 7.34. The van der Waals surface area contributed by atoms with Crippen LogP contribution in [0.4, 0.5) is 5.69 Å². The molecule has 0 amide bonds. The average molecular weight is 268 g/mol. The van der Waals surface area contributed by atoms with Gasteiger partial charge in [0.25, 0.3) is 5.88 Å². The Labute approximate surface area is 115 Å². The van der Waals surface area contributed by atoms with Crippen LogP contribution in [0.2, 0.25) is 0 Å². The fourth-order valence-electron chi connectivity index (χ4n) is 1.75. The molecular formula is C13H12N6O. The number of nitrogens with two attached hydrogens (primary N) is 1. The number of hydrogen-bond acceptors (Lipinski definition) is 6. The van der Waals surface area contributed by atoms with Gasteiger partial charge in [0.2, 0.25) is 5.82 Å². The van der Waals surface area contributed by atoms with Crippen LogP contribution in [0, 0.1) is 0 Å². The normalized spacial score (nSPS) is 10.4. The Kier molecular flexibility index (Phi) is 3.00. The van der Waals surface area contributed by atoms with E-state index < -0.39 is 0 Å². The lowest BCUT2D eigenvalue weighted by Crippen LogP contribution is -2.03. The van der Waals surface area contributed by atoms with E-state index in [0.29, 0.717) is 23.2 Å². The summed E-state index contributed by atoms with van der Waals surface area (Å²) in [4.78, 5) is 12.5. The monoisotopic (exact) mass is 268 g/mol. The van der Waals surface area contributed by atoms with E-state index in [1.54, 1.807) is 30.9 Å². The van der Waals surface area contributed by atoms with Gasteiger partial charge in [-0.25, -0.2) is 15.0 Å². The van der Waals surface area contributed by atoms with Gasteiger partial charge in [-0.05, 0) is 24.3 Å². The van der Waals surface area contributed by atoms with Crippen molar-refractivity contribution < 1.29 is 4.74 Å². The first-order valence-corrected chi connectivity index (χ1v) is 5.91. The number of methoxy groups -OCH3 is 1. The minimum Gasteiger partial charge on any atom is -0.478 e. The Hall–Kier alpha value is -2.96. The van der Waals surface area contributed by atoms with Crippen LogP contribution in [0.25, 0.3) is 17.2 Å². The predicted molar refractivity (Wildman–Crippen MR) is 73.3 cm³/mol. The molecule has 1 aromatic carbocycles. The highest BCUT2D eigenvalue weighted by atomic mass is 16.5. The molecule has 2 aromatic heterocycles. The molecule has 0 aliphatic carbocycles. The van der Waals surface area contributed by atoms with E-state index in [1.807, 2.05) is 12.1 Å². The first-order chi connectivity index (χ1) is 9.78. The van der Waals surface area contributed by atoms with E-state index in [9.17, 15) is 0 Å². The molecular weight excluding hydrogens is 256 g/mol. The standard InChI is InChI=1S/C13H12N6O/c1-20-13-12(15-6-7-16-13)19-8-17-11(18-19)9-2-4-10(14)5-3-9/h2-8H,14H2,1H3. The lowest BCUT2D eigenvalue weighted by atomic mass is 10.2. The van der Waals surface area contributed by atoms with Crippen molar-refractivity contribution in [1.82, 2.24) is 24.7 Å². The fourth-order valence-corrected chi connectivity index (χ4v) is 1.75. The molecule has 0 radical (unpaired) electrons. The van der Waals surface area contributed by atoms with Crippen molar-refractivity contribution >= 4 is 5.69 Å². The summed E-state index contributed by atoms with van der Waals surface area (Å²) in [7, 11) is 1.53. The van der Waals surface area contributed by atoms with Gasteiger partial charge in [-0.3, -0.25) is 0 Å². The minimum absolute atomic E-state index is 0.390. The lowest BCUT2D eigenvalue weighted by molar-refractivity contribution is 0.392. The molecule has 7 nitrogen and oxygen atoms in total. The van der Waals surface area contributed by atoms with E-state index in [-0.39, 0.29) is 0 Å². The van der Waals surface area contributed by atoms with Crippen molar-refractivity contribution in [3.63, 3.8) is 0 Å². The van der Waals surface area contributed by atoms with Crippen LogP contribution in [-0.2, 0) is 0 Å². The Bertz CT molecular complexity index is 722. The van der Waals surface area contributed by atoms with E-state index >= 15 is 0 Å². The second-order valence-corrected chi connectivity index (χ2v) is 4.02. The number of nitrogens with zero attached hydrogens (tertiary/aromatic N) is 5. The summed E-state index contributed by atoms with van der Waals surface area (Å²) in [6.45, 7) is 0. The van der Waals surface area contributed by atoms with Gasteiger partial charge in [-0.1, -0.05) is 0 Å². The van der Waals surface area contributed by atoms with Crippen molar-refractivity contribution in [2.24, 2.45) is 0 Å². The largest absolute Gasteiger partial charge is 0.478 e. The summed E-state index contributed by atoms with van der Waals surface area (Å²) in [6.07, 6.45) is 4.70. The second-order valence-electron chi connectivity index (χ2n) is 4.02. The predicted octanol–water partition coefficient (Wildman–Crippen LogP) is 1.32. The average Bonchev–Trinajstić information content (AvgIpc) is 2.97. The molecule has 20 heavy (non-hydrogen) atoms. The van der Waals surface area contributed by atoms with E-state index in [1.165, 1.54) is 11.8 Å². The summed E-state index contributed by atoms with van der Waals surface area (Å²) in [5, 5.41) is 4.37. The third kappa shape index (κ3) is 2.16. The molecule has 0 fully saturated rings. The molecule has 0 saturated carbocycles. The molecule has 0 aliphatic rings. The Morgan fingerprint density at radius 1 is 1.05 bits per heavy atom. The van der Waals surface area contributed by atoms with Gasteiger partial charge in [0.05, 0.1) is 7.11 Å². The van der Waals surface area contributed by atoms with Crippen molar-refractivity contribution in [2.45, 2.75) is 0 Å². The second kappa shape index (κ2) is 4.96. The van der Waals surface area contributed by atoms with Crippen LogP contribution in [0.5, 0.6) is 5.88 Å². The number of nitrogen functional groups attached to an aromatic ring is 1. The molecule has 2 heterocycles. The lowest BCUT2D eigenvalue weighted by Gasteiger charge is -2.03. The van der Waals surface area contributed by atoms with E-state index in [4.69, 9.17) is 10.5 Å². The number of hydrogen-bond donors (Lipinski definition) is 1. The number of benzene rings is 1. The van der Waals surface area contributed by atoms with Crippen LogP contribution >= 0.6 is 0 Å². The number of ether oxygens (including phenoxy) is 1. The fraction of sp³-hybridized carbons (Fsp3) is 0.0769. The number of rotatable bonds is 3. The topological polar surface area (TPSA) is 91.7 Å². The molecule has 0 bridgehead atoms. The molecule has 3 rings (SSSR count). The van der Waals surface area contributed by atoms with Crippen molar-refractivity contribution in [1.29, 1.82) is 0 Å². The zero-order valence-electron chi connectivity index (χ0n) is 10.8. The highest BCUT2D eigenvalue weighted by Gasteiger charge is 2.11. The summed E-state index contributed by atoms with van der Waals surface area (Å²) >= 11 is 0. The summed E-state index contributed by atoms with van der Waals surface area (Å²) < 4.78 is 6.68. The third-order valence-corrected chi connectivity index (χ3v) is 2.72. The van der Waals surface area contributed by atoms with Crippen molar-refractivity contribution in [3.8, 4) is 23.1 Å². The molecule has 0 atom stereocenters. The Morgan fingerprint density at radius 2 is 1.80 bits per heavy atom. The summed E-state index contributed by atoms with van der Waals surface area (Å²) in [5.41, 5.74) is 7.23. The molecule has 3 aromatic rings. The third-order valence-electron chi connectivity index (χ3n) is 2.72. The maximum atomic E-state index is 5.66. The molecule has 0 saturated heterocycles. The van der Waals surface area contributed by atoms with Gasteiger partial charge in [-0.15, -0.1) is 5.10 Å². The zero-order chi connectivity index (χ0) is 13.9. The van der Waals surface area contributed by atoms with Gasteiger partial charge in [0.1, 0.15) is 6.33 Å². The maximum absolute atomic E-state index is 5.66. The molecule has 0 aliphatic heterocycles. The SMILES string of the molecule is COc1nccnc1-n1cnc(-c2ccc(N)cc2)n1. The molecule has 7 heteroatoms. The van der Waals surface area contributed by atoms with Crippen molar-refractivity contribution in [2.75, 3.05) is 12.8 Å². The first kappa shape index (κ1) is 12.1. The van der Waals surface area contributed by atoms with Gasteiger partial charge < -0.3 is 10.5 Å². The van der Waals surface area contributed by atoms with Crippen LogP contribution in [0.1, 0.15) is 0 Å². The zero-order valence-corrected chi connectivity index (χ0v) is 10.8. The van der Waals surface area contributed by atoms with E-state index in [2.05, 4.69) is 20.1 Å². The van der Waals surface area contributed by atoms with Gasteiger partial charge >= 0.3 is 0 Å². The van der Waals surface area contributed by atoms with Crippen molar-refractivity contribution in [3.05, 3.63) is 43.0 Å². The highest BCUT2D eigenvalue weighted by molar-refractivity contribution is 5.58. The Balaban J connectivity index is 2.00. The van der Waals surface area contributed by atoms with Crippen LogP contribution in [-0.4, -0.2) is 31.8 Å². The van der Waals surface area contributed by atoms with Crippen LogP contribution < -0.4 is 10.5 Å². The quantitative estimate of drug-likeness (QED) is 0.720. The number of aromatic nitrogens is 5. The van der Waals surface area contributed by atoms with Gasteiger partial charge in [-0.2, -0.15) is 4.68 Å². The number of anilines is 1. The molecule has 0 spiro atoms.